The molecule has 7 heteroatoms. The molecule has 0 bridgehead atoms. The van der Waals surface area contributed by atoms with Gasteiger partial charge in [-0.3, -0.25) is 4.98 Å². The van der Waals surface area contributed by atoms with Crippen molar-refractivity contribution in [1.82, 2.24) is 15.0 Å². The predicted molar refractivity (Wildman–Crippen MR) is 115 cm³/mol. The van der Waals surface area contributed by atoms with Crippen LogP contribution in [0.15, 0.2) is 42.6 Å². The second-order valence-electron chi connectivity index (χ2n) is 8.07. The van der Waals surface area contributed by atoms with Crippen LogP contribution in [0.25, 0.3) is 10.9 Å². The highest BCUT2D eigenvalue weighted by molar-refractivity contribution is 5.81. The summed E-state index contributed by atoms with van der Waals surface area (Å²) in [7, 11) is 0. The van der Waals surface area contributed by atoms with E-state index in [1.54, 1.807) is 0 Å². The minimum atomic E-state index is -0.409. The van der Waals surface area contributed by atoms with Crippen molar-refractivity contribution in [2.75, 3.05) is 41.7 Å². The quantitative estimate of drug-likeness (QED) is 0.706. The maximum atomic E-state index is 10.8. The molecule has 0 radical (unpaired) electrons. The molecule has 2 aliphatic heterocycles. The van der Waals surface area contributed by atoms with Crippen molar-refractivity contribution in [3.8, 4) is 0 Å². The molecule has 5 rings (SSSR count). The number of anilines is 3. The van der Waals surface area contributed by atoms with Crippen LogP contribution in [0.3, 0.4) is 0 Å². The van der Waals surface area contributed by atoms with Crippen LogP contribution in [0.4, 0.5) is 17.6 Å². The fourth-order valence-corrected chi connectivity index (χ4v) is 4.52. The number of aliphatic hydroxyl groups is 1. The number of hydrogen-bond donors (Lipinski definition) is 2. The first kappa shape index (κ1) is 18.1. The van der Waals surface area contributed by atoms with Crippen LogP contribution in [-0.2, 0) is 6.42 Å². The number of β-amino-alcohol motifs (C(OH)–C–C–N with tert-alkyl or cyclic N) is 1. The second kappa shape index (κ2) is 7.48. The molecular formula is C22H26N6O. The first-order chi connectivity index (χ1) is 14.2. The van der Waals surface area contributed by atoms with Crippen LogP contribution in [0, 0.1) is 5.92 Å². The van der Waals surface area contributed by atoms with Crippen molar-refractivity contribution in [2.45, 2.75) is 25.4 Å². The average molecular weight is 390 g/mol. The summed E-state index contributed by atoms with van der Waals surface area (Å²) >= 11 is 0. The van der Waals surface area contributed by atoms with Crippen LogP contribution in [0.5, 0.6) is 0 Å². The van der Waals surface area contributed by atoms with Crippen molar-refractivity contribution in [3.05, 3.63) is 48.2 Å². The third kappa shape index (κ3) is 3.58. The maximum absolute atomic E-state index is 10.8. The SMILES string of the molecule is Nc1cc(N2C[C@@H](Cc3ccnc4ccccc34)[C@@H](O)C2)nc(N2CCCC2)n1. The molecular weight excluding hydrogens is 364 g/mol. The minimum Gasteiger partial charge on any atom is -0.391 e. The highest BCUT2D eigenvalue weighted by atomic mass is 16.3. The van der Waals surface area contributed by atoms with E-state index >= 15 is 0 Å². The Bertz CT molecular complexity index is 1010. The van der Waals surface area contributed by atoms with Crippen molar-refractivity contribution >= 4 is 28.5 Å². The van der Waals surface area contributed by atoms with Gasteiger partial charge in [0.1, 0.15) is 11.6 Å². The molecule has 2 aromatic heterocycles. The Kier molecular flexibility index (Phi) is 4.67. The number of aromatic nitrogens is 3. The molecule has 0 aliphatic carbocycles. The van der Waals surface area contributed by atoms with Crippen LogP contribution in [0.2, 0.25) is 0 Å². The lowest BCUT2D eigenvalue weighted by atomic mass is 9.94. The molecule has 4 heterocycles. The third-order valence-corrected chi connectivity index (χ3v) is 6.06. The molecule has 7 nitrogen and oxygen atoms in total. The van der Waals surface area contributed by atoms with Crippen molar-refractivity contribution in [1.29, 1.82) is 0 Å². The second-order valence-corrected chi connectivity index (χ2v) is 8.07. The number of para-hydroxylation sites is 1. The van der Waals surface area contributed by atoms with E-state index in [0.29, 0.717) is 18.3 Å². The summed E-state index contributed by atoms with van der Waals surface area (Å²) in [5.74, 6) is 2.12. The van der Waals surface area contributed by atoms with Gasteiger partial charge in [0.05, 0.1) is 11.6 Å². The van der Waals surface area contributed by atoms with Crippen LogP contribution < -0.4 is 15.5 Å². The molecule has 1 aromatic carbocycles. The number of rotatable bonds is 4. The van der Waals surface area contributed by atoms with Crippen molar-refractivity contribution < 1.29 is 5.11 Å². The number of hydrogen-bond acceptors (Lipinski definition) is 7. The van der Waals surface area contributed by atoms with E-state index in [-0.39, 0.29) is 5.92 Å². The van der Waals surface area contributed by atoms with Gasteiger partial charge in [0, 0.05) is 49.7 Å². The van der Waals surface area contributed by atoms with Gasteiger partial charge < -0.3 is 20.6 Å². The van der Waals surface area contributed by atoms with Gasteiger partial charge in [-0.05, 0) is 37.0 Å². The highest BCUT2D eigenvalue weighted by Gasteiger charge is 2.33. The molecule has 0 unspecified atom stereocenters. The molecule has 2 saturated heterocycles. The van der Waals surface area contributed by atoms with Gasteiger partial charge in [0.2, 0.25) is 5.95 Å². The first-order valence-corrected chi connectivity index (χ1v) is 10.3. The van der Waals surface area contributed by atoms with Gasteiger partial charge in [-0.15, -0.1) is 0 Å². The summed E-state index contributed by atoms with van der Waals surface area (Å²) in [6.07, 6.45) is 4.58. The van der Waals surface area contributed by atoms with E-state index in [1.807, 2.05) is 30.5 Å². The number of nitrogen functional groups attached to an aromatic ring is 1. The van der Waals surface area contributed by atoms with Crippen LogP contribution in [0.1, 0.15) is 18.4 Å². The van der Waals surface area contributed by atoms with E-state index in [0.717, 1.165) is 55.6 Å². The Balaban J connectivity index is 1.37. The van der Waals surface area contributed by atoms with E-state index < -0.39 is 6.10 Å². The van der Waals surface area contributed by atoms with E-state index in [9.17, 15) is 5.11 Å². The van der Waals surface area contributed by atoms with Gasteiger partial charge in [-0.25, -0.2) is 0 Å². The van der Waals surface area contributed by atoms with Gasteiger partial charge in [-0.1, -0.05) is 18.2 Å². The topological polar surface area (TPSA) is 91.4 Å². The molecule has 0 amide bonds. The van der Waals surface area contributed by atoms with Crippen molar-refractivity contribution in [3.63, 3.8) is 0 Å². The number of nitrogens with two attached hydrogens (primary N) is 1. The smallest absolute Gasteiger partial charge is 0.229 e. The molecule has 29 heavy (non-hydrogen) atoms. The maximum Gasteiger partial charge on any atom is 0.229 e. The number of aliphatic hydroxyl groups excluding tert-OH is 1. The lowest BCUT2D eigenvalue weighted by Gasteiger charge is -2.21. The summed E-state index contributed by atoms with van der Waals surface area (Å²) in [5.41, 5.74) is 8.29. The van der Waals surface area contributed by atoms with Gasteiger partial charge in [-0.2, -0.15) is 9.97 Å². The molecule has 0 saturated carbocycles. The van der Waals surface area contributed by atoms with Crippen molar-refractivity contribution in [2.24, 2.45) is 5.92 Å². The Hall–Kier alpha value is -2.93. The Morgan fingerprint density at radius 2 is 1.86 bits per heavy atom. The van der Waals surface area contributed by atoms with Gasteiger partial charge in [0.15, 0.2) is 0 Å². The Morgan fingerprint density at radius 1 is 1.03 bits per heavy atom. The van der Waals surface area contributed by atoms with E-state index in [1.165, 1.54) is 5.56 Å². The lowest BCUT2D eigenvalue weighted by molar-refractivity contribution is 0.148. The zero-order valence-electron chi connectivity index (χ0n) is 16.4. The Labute approximate surface area is 170 Å². The summed E-state index contributed by atoms with van der Waals surface area (Å²) in [4.78, 5) is 18.0. The third-order valence-electron chi connectivity index (χ3n) is 6.06. The number of pyridine rings is 1. The highest BCUT2D eigenvalue weighted by Crippen LogP contribution is 2.29. The largest absolute Gasteiger partial charge is 0.391 e. The lowest BCUT2D eigenvalue weighted by Crippen LogP contribution is -2.25. The summed E-state index contributed by atoms with van der Waals surface area (Å²) in [6, 6.07) is 12.0. The van der Waals surface area contributed by atoms with Gasteiger partial charge in [0.25, 0.3) is 0 Å². The average Bonchev–Trinajstić information content (AvgIpc) is 3.39. The van der Waals surface area contributed by atoms with Crippen LogP contribution >= 0.6 is 0 Å². The normalized spacial score (nSPS) is 22.0. The summed E-state index contributed by atoms with van der Waals surface area (Å²) in [5, 5.41) is 11.9. The predicted octanol–water partition coefficient (Wildman–Crippen LogP) is 2.25. The summed E-state index contributed by atoms with van der Waals surface area (Å²) in [6.45, 7) is 3.25. The molecule has 2 aliphatic rings. The zero-order chi connectivity index (χ0) is 19.8. The van der Waals surface area contributed by atoms with Gasteiger partial charge >= 0.3 is 0 Å². The standard InChI is InChI=1S/C22H26N6O/c23-20-12-21(26-22(25-20)27-9-3-4-10-27)28-13-16(19(29)14-28)11-15-7-8-24-18-6-2-1-5-17(15)18/h1-2,5-8,12,16,19,29H,3-4,9-11,13-14H2,(H2,23,25,26)/t16-,19+/m1/s1. The zero-order valence-corrected chi connectivity index (χ0v) is 16.4. The molecule has 3 N–H and O–H groups in total. The van der Waals surface area contributed by atoms with Crippen LogP contribution in [-0.4, -0.2) is 52.3 Å². The fourth-order valence-electron chi connectivity index (χ4n) is 4.52. The molecule has 2 fully saturated rings. The minimum absolute atomic E-state index is 0.132. The number of nitrogens with zero attached hydrogens (tertiary/aromatic N) is 5. The fraction of sp³-hybridized carbons (Fsp3) is 0.409. The molecule has 2 atom stereocenters. The number of benzene rings is 1. The number of fused-ring (bicyclic) bond motifs is 1. The molecule has 150 valence electrons. The Morgan fingerprint density at radius 3 is 2.72 bits per heavy atom. The molecule has 3 aromatic rings. The molecule has 0 spiro atoms. The van der Waals surface area contributed by atoms with E-state index in [4.69, 9.17) is 10.7 Å². The first-order valence-electron chi connectivity index (χ1n) is 10.3. The summed E-state index contributed by atoms with van der Waals surface area (Å²) < 4.78 is 0. The monoisotopic (exact) mass is 390 g/mol. The van der Waals surface area contributed by atoms with E-state index in [2.05, 4.69) is 31.9 Å².